The molecule has 4 rings (SSSR count). The molecule has 0 radical (unpaired) electrons. The zero-order chi connectivity index (χ0) is 22.1. The average molecular weight is 447 g/mol. The second-order valence-electron chi connectivity index (χ2n) is 7.82. The number of hydrogen-bond acceptors (Lipinski definition) is 3. The normalized spacial score (nSPS) is 22.1. The lowest BCUT2D eigenvalue weighted by Crippen LogP contribution is -2.47. The van der Waals surface area contributed by atoms with Crippen LogP contribution in [0, 0.1) is 0 Å². The minimum Gasteiger partial charge on any atom is -0.304 e. The van der Waals surface area contributed by atoms with Gasteiger partial charge in [-0.1, -0.05) is 41.9 Å². The van der Waals surface area contributed by atoms with Crippen molar-refractivity contribution < 1.29 is 23.2 Å². The van der Waals surface area contributed by atoms with Crippen molar-refractivity contribution in [3.63, 3.8) is 0 Å². The molecule has 5 nitrogen and oxygen atoms in total. The van der Waals surface area contributed by atoms with Crippen molar-refractivity contribution in [1.82, 2.24) is 5.32 Å². The molecule has 2 atom stereocenters. The Labute approximate surface area is 183 Å². The fourth-order valence-electron chi connectivity index (χ4n) is 4.30. The summed E-state index contributed by atoms with van der Waals surface area (Å²) in [5, 5.41) is 2.75. The van der Waals surface area contributed by atoms with Gasteiger partial charge in [0.25, 0.3) is 6.43 Å². The number of imide groups is 1. The van der Waals surface area contributed by atoms with Gasteiger partial charge in [-0.3, -0.25) is 19.7 Å². The Morgan fingerprint density at radius 3 is 2.42 bits per heavy atom. The van der Waals surface area contributed by atoms with Crippen LogP contribution in [0.4, 0.5) is 14.5 Å². The van der Waals surface area contributed by atoms with Crippen LogP contribution in [0.25, 0.3) is 11.1 Å². The fourth-order valence-corrected chi connectivity index (χ4v) is 4.67. The molecule has 162 valence electrons. The Hall–Kier alpha value is -2.80. The SMILES string of the molecule is O=C1CCC(c2cccc(-c3ccc(N4C(=O)CCCC4C(F)F)cc3)c2Cl)C(=O)N1. The number of anilines is 1. The lowest BCUT2D eigenvalue weighted by atomic mass is 9.88. The first-order valence-electron chi connectivity index (χ1n) is 10.2. The maximum absolute atomic E-state index is 13.4. The fraction of sp³-hybridized carbons (Fsp3) is 0.348. The molecule has 0 aliphatic carbocycles. The lowest BCUT2D eigenvalue weighted by molar-refractivity contribution is -0.134. The highest BCUT2D eigenvalue weighted by molar-refractivity contribution is 6.34. The number of piperidine rings is 2. The number of nitrogens with zero attached hydrogens (tertiary/aromatic N) is 1. The van der Waals surface area contributed by atoms with Gasteiger partial charge >= 0.3 is 0 Å². The molecule has 8 heteroatoms. The van der Waals surface area contributed by atoms with Gasteiger partial charge in [-0.15, -0.1) is 0 Å². The molecule has 0 aromatic heterocycles. The number of carbonyl (C=O) groups is 3. The topological polar surface area (TPSA) is 66.5 Å². The maximum atomic E-state index is 13.4. The standard InChI is InChI=1S/C23H21ClF2N2O3/c24-21-15(3-1-4-16(21)17-11-12-19(29)27-23(17)31)13-7-9-14(10-8-13)28-18(22(25)26)5-2-6-20(28)30/h1,3-4,7-10,17-18,22H,2,5-6,11-12H2,(H,27,29,31). The van der Waals surface area contributed by atoms with Crippen LogP contribution in [0.5, 0.6) is 0 Å². The number of benzene rings is 2. The molecule has 2 unspecified atom stereocenters. The molecular formula is C23H21ClF2N2O3. The largest absolute Gasteiger partial charge is 0.304 e. The molecule has 2 aromatic carbocycles. The van der Waals surface area contributed by atoms with E-state index >= 15 is 0 Å². The monoisotopic (exact) mass is 446 g/mol. The van der Waals surface area contributed by atoms with E-state index in [1.54, 1.807) is 42.5 Å². The molecule has 2 fully saturated rings. The van der Waals surface area contributed by atoms with Crippen molar-refractivity contribution >= 4 is 35.0 Å². The Morgan fingerprint density at radius 2 is 1.74 bits per heavy atom. The Bertz CT molecular complexity index is 1030. The van der Waals surface area contributed by atoms with Gasteiger partial charge in [-0.2, -0.15) is 0 Å². The van der Waals surface area contributed by atoms with Crippen molar-refractivity contribution in [3.05, 3.63) is 53.1 Å². The molecule has 2 aliphatic heterocycles. The van der Waals surface area contributed by atoms with E-state index in [0.29, 0.717) is 34.7 Å². The number of amides is 3. The third kappa shape index (κ3) is 4.19. The summed E-state index contributed by atoms with van der Waals surface area (Å²) < 4.78 is 26.9. The highest BCUT2D eigenvalue weighted by Crippen LogP contribution is 2.38. The summed E-state index contributed by atoms with van der Waals surface area (Å²) in [7, 11) is 0. The summed E-state index contributed by atoms with van der Waals surface area (Å²) in [6, 6.07) is 11.0. The Morgan fingerprint density at radius 1 is 1.00 bits per heavy atom. The summed E-state index contributed by atoms with van der Waals surface area (Å²) >= 11 is 6.63. The molecule has 3 amide bonds. The molecule has 0 spiro atoms. The quantitative estimate of drug-likeness (QED) is 0.693. The van der Waals surface area contributed by atoms with Crippen molar-refractivity contribution in [2.75, 3.05) is 4.90 Å². The van der Waals surface area contributed by atoms with Crippen LogP contribution < -0.4 is 10.2 Å². The molecule has 1 N–H and O–H groups in total. The van der Waals surface area contributed by atoms with Crippen molar-refractivity contribution in [1.29, 1.82) is 0 Å². The Balaban J connectivity index is 1.63. The maximum Gasteiger partial charge on any atom is 0.259 e. The van der Waals surface area contributed by atoms with E-state index in [9.17, 15) is 23.2 Å². The third-order valence-electron chi connectivity index (χ3n) is 5.88. The van der Waals surface area contributed by atoms with Gasteiger partial charge < -0.3 is 4.90 Å². The van der Waals surface area contributed by atoms with Gasteiger partial charge in [0.2, 0.25) is 17.7 Å². The second kappa shape index (κ2) is 8.75. The van der Waals surface area contributed by atoms with Crippen LogP contribution >= 0.6 is 11.6 Å². The van der Waals surface area contributed by atoms with Crippen molar-refractivity contribution in [2.45, 2.75) is 50.5 Å². The number of nitrogens with one attached hydrogen (secondary N) is 1. The second-order valence-corrected chi connectivity index (χ2v) is 8.20. The van der Waals surface area contributed by atoms with Crippen LogP contribution in [0.15, 0.2) is 42.5 Å². The van der Waals surface area contributed by atoms with Gasteiger partial charge in [-0.05, 0) is 42.5 Å². The van der Waals surface area contributed by atoms with Crippen LogP contribution in [0.3, 0.4) is 0 Å². The summed E-state index contributed by atoms with van der Waals surface area (Å²) in [6.45, 7) is 0. The number of rotatable bonds is 4. The first-order chi connectivity index (χ1) is 14.9. The molecule has 2 aliphatic rings. The van der Waals surface area contributed by atoms with Crippen LogP contribution in [-0.2, 0) is 14.4 Å². The number of carbonyl (C=O) groups excluding carboxylic acids is 3. The number of alkyl halides is 2. The van der Waals surface area contributed by atoms with Gasteiger partial charge in [-0.25, -0.2) is 8.78 Å². The summed E-state index contributed by atoms with van der Waals surface area (Å²) in [5.41, 5.74) is 2.49. The molecular weight excluding hydrogens is 426 g/mol. The highest BCUT2D eigenvalue weighted by Gasteiger charge is 2.35. The van der Waals surface area contributed by atoms with Gasteiger partial charge in [0.15, 0.2) is 0 Å². The molecule has 31 heavy (non-hydrogen) atoms. The predicted octanol–water partition coefficient (Wildman–Crippen LogP) is 4.68. The lowest BCUT2D eigenvalue weighted by Gasteiger charge is -2.35. The average Bonchev–Trinajstić information content (AvgIpc) is 2.74. The first-order valence-corrected chi connectivity index (χ1v) is 10.6. The summed E-state index contributed by atoms with van der Waals surface area (Å²) in [6.07, 6.45) is -0.982. The Kier molecular flexibility index (Phi) is 6.05. The van der Waals surface area contributed by atoms with E-state index in [1.807, 2.05) is 0 Å². The summed E-state index contributed by atoms with van der Waals surface area (Å²) in [4.78, 5) is 37.2. The predicted molar refractivity (Wildman–Crippen MR) is 113 cm³/mol. The van der Waals surface area contributed by atoms with Crippen LogP contribution in [-0.4, -0.2) is 30.2 Å². The smallest absolute Gasteiger partial charge is 0.259 e. The third-order valence-corrected chi connectivity index (χ3v) is 6.30. The van der Waals surface area contributed by atoms with Crippen LogP contribution in [0.1, 0.15) is 43.6 Å². The van der Waals surface area contributed by atoms with E-state index in [0.717, 1.165) is 5.56 Å². The van der Waals surface area contributed by atoms with E-state index in [2.05, 4.69) is 5.32 Å². The van der Waals surface area contributed by atoms with Crippen molar-refractivity contribution in [3.8, 4) is 11.1 Å². The van der Waals surface area contributed by atoms with Crippen LogP contribution in [0.2, 0.25) is 5.02 Å². The number of halogens is 3. The summed E-state index contributed by atoms with van der Waals surface area (Å²) in [5.74, 6) is -1.48. The van der Waals surface area contributed by atoms with Gasteiger partial charge in [0, 0.05) is 24.1 Å². The minimum absolute atomic E-state index is 0.251. The van der Waals surface area contributed by atoms with E-state index < -0.39 is 18.4 Å². The zero-order valence-corrected chi connectivity index (χ0v) is 17.4. The molecule has 2 saturated heterocycles. The van der Waals surface area contributed by atoms with Crippen molar-refractivity contribution in [2.24, 2.45) is 0 Å². The zero-order valence-electron chi connectivity index (χ0n) is 16.6. The van der Waals surface area contributed by atoms with E-state index in [4.69, 9.17) is 11.6 Å². The molecule has 2 aromatic rings. The molecule has 0 saturated carbocycles. The van der Waals surface area contributed by atoms with E-state index in [-0.39, 0.29) is 37.0 Å². The van der Waals surface area contributed by atoms with Gasteiger partial charge in [0.1, 0.15) is 0 Å². The number of hydrogen-bond donors (Lipinski definition) is 1. The molecule has 0 bridgehead atoms. The minimum atomic E-state index is -2.61. The van der Waals surface area contributed by atoms with E-state index in [1.165, 1.54) is 4.90 Å². The first kappa shape index (κ1) is 21.4. The highest BCUT2D eigenvalue weighted by atomic mass is 35.5. The van der Waals surface area contributed by atoms with Gasteiger partial charge in [0.05, 0.1) is 17.0 Å². The molecule has 2 heterocycles.